The molecule has 8 heteroatoms. The highest BCUT2D eigenvalue weighted by Crippen LogP contribution is 2.17. The van der Waals surface area contributed by atoms with Crippen LogP contribution >= 0.6 is 0 Å². The molecule has 2 rings (SSSR count). The molecule has 0 saturated carbocycles. The zero-order valence-corrected chi connectivity index (χ0v) is 11.1. The predicted molar refractivity (Wildman–Crippen MR) is 66.9 cm³/mol. The van der Waals surface area contributed by atoms with Gasteiger partial charge in [0.25, 0.3) is 5.82 Å². The summed E-state index contributed by atoms with van der Waals surface area (Å²) in [7, 11) is 1.21. The minimum absolute atomic E-state index is 0.0110. The van der Waals surface area contributed by atoms with E-state index < -0.39 is 11.9 Å². The van der Waals surface area contributed by atoms with Crippen molar-refractivity contribution in [3.05, 3.63) is 35.0 Å². The lowest BCUT2D eigenvalue weighted by Gasteiger charge is -2.08. The second-order valence-electron chi connectivity index (χ2n) is 4.09. The van der Waals surface area contributed by atoms with E-state index in [1.165, 1.54) is 13.4 Å². The van der Waals surface area contributed by atoms with E-state index in [0.29, 0.717) is 11.3 Å². The predicted octanol–water partition coefficient (Wildman–Crippen LogP) is 0.764. The zero-order chi connectivity index (χ0) is 14.9. The fourth-order valence-corrected chi connectivity index (χ4v) is 1.80. The van der Waals surface area contributed by atoms with E-state index in [1.54, 1.807) is 19.9 Å². The molecule has 0 spiro atoms. The number of ether oxygens (including phenoxy) is 1. The number of rotatable bonds is 3. The van der Waals surface area contributed by atoms with Crippen molar-refractivity contribution in [3.63, 3.8) is 0 Å². The van der Waals surface area contributed by atoms with Crippen LogP contribution < -0.4 is 0 Å². The van der Waals surface area contributed by atoms with Gasteiger partial charge < -0.3 is 9.84 Å². The molecule has 0 bridgehead atoms. The Balaban J connectivity index is 2.60. The van der Waals surface area contributed by atoms with Gasteiger partial charge in [-0.15, -0.1) is 5.10 Å². The van der Waals surface area contributed by atoms with E-state index in [0.717, 1.165) is 4.68 Å². The van der Waals surface area contributed by atoms with E-state index >= 15 is 0 Å². The second-order valence-corrected chi connectivity index (χ2v) is 4.09. The Morgan fingerprint density at radius 1 is 1.35 bits per heavy atom. The summed E-state index contributed by atoms with van der Waals surface area (Å²) in [5.41, 5.74) is 1.20. The lowest BCUT2D eigenvalue weighted by Crippen LogP contribution is -2.12. The number of aryl methyl sites for hydroxylation is 2. The van der Waals surface area contributed by atoms with Gasteiger partial charge in [-0.2, -0.15) is 0 Å². The van der Waals surface area contributed by atoms with Crippen LogP contribution in [-0.4, -0.2) is 43.9 Å². The van der Waals surface area contributed by atoms with Gasteiger partial charge in [0, 0.05) is 5.69 Å². The number of carboxylic acid groups (broad SMARTS) is 1. The zero-order valence-electron chi connectivity index (χ0n) is 11.1. The Hall–Kier alpha value is -2.77. The maximum Gasteiger partial charge on any atom is 0.377 e. The lowest BCUT2D eigenvalue weighted by atomic mass is 10.1. The second kappa shape index (κ2) is 5.08. The van der Waals surface area contributed by atoms with Crippen molar-refractivity contribution in [3.8, 4) is 5.82 Å². The van der Waals surface area contributed by atoms with Gasteiger partial charge in [0.2, 0.25) is 0 Å². The first kappa shape index (κ1) is 13.7. The molecule has 0 aliphatic heterocycles. The molecule has 0 aliphatic rings. The number of carbonyl (C=O) groups excluding carboxylic acids is 1. The molecule has 0 fully saturated rings. The largest absolute Gasteiger partial charge is 0.478 e. The number of methoxy groups -OCH3 is 1. The molecular weight excluding hydrogens is 264 g/mol. The van der Waals surface area contributed by atoms with Gasteiger partial charge in [0.05, 0.1) is 7.11 Å². The van der Waals surface area contributed by atoms with Crippen molar-refractivity contribution in [2.75, 3.05) is 7.11 Å². The van der Waals surface area contributed by atoms with Crippen LogP contribution in [0.5, 0.6) is 0 Å². The molecule has 0 atom stereocenters. The number of nitrogens with zero attached hydrogens (tertiary/aromatic N) is 4. The van der Waals surface area contributed by atoms with Crippen molar-refractivity contribution in [2.45, 2.75) is 13.8 Å². The molecule has 2 aromatic heterocycles. The molecule has 0 unspecified atom stereocenters. The molecule has 0 aliphatic carbocycles. The summed E-state index contributed by atoms with van der Waals surface area (Å²) in [6, 6.07) is 1.66. The molecule has 20 heavy (non-hydrogen) atoms. The van der Waals surface area contributed by atoms with E-state index in [4.69, 9.17) is 0 Å². The van der Waals surface area contributed by atoms with Gasteiger partial charge in [-0.1, -0.05) is 0 Å². The normalized spacial score (nSPS) is 10.3. The first-order valence-corrected chi connectivity index (χ1v) is 5.66. The highest BCUT2D eigenvalue weighted by Gasteiger charge is 2.20. The average molecular weight is 276 g/mol. The smallest absolute Gasteiger partial charge is 0.377 e. The number of hydrogen-bond acceptors (Lipinski definition) is 6. The monoisotopic (exact) mass is 276 g/mol. The van der Waals surface area contributed by atoms with Gasteiger partial charge in [0.1, 0.15) is 11.9 Å². The number of aromatic nitrogens is 4. The van der Waals surface area contributed by atoms with Gasteiger partial charge in [-0.25, -0.2) is 24.2 Å². The summed E-state index contributed by atoms with van der Waals surface area (Å²) in [5.74, 6) is -1.88. The van der Waals surface area contributed by atoms with Crippen molar-refractivity contribution < 1.29 is 19.4 Å². The fraction of sp³-hybridized carbons (Fsp3) is 0.250. The van der Waals surface area contributed by atoms with Crippen LogP contribution in [0.4, 0.5) is 0 Å². The molecular formula is C12H12N4O4. The van der Waals surface area contributed by atoms with Crippen molar-refractivity contribution >= 4 is 11.9 Å². The number of esters is 1. The third kappa shape index (κ3) is 2.35. The summed E-state index contributed by atoms with van der Waals surface area (Å²) >= 11 is 0. The van der Waals surface area contributed by atoms with Crippen LogP contribution in [0.3, 0.4) is 0 Å². The Morgan fingerprint density at radius 3 is 2.65 bits per heavy atom. The standard InChI is InChI=1S/C12H12N4O4/c1-6-4-7(2)14-10(8(6)11(17)18)16-5-13-9(15-16)12(19)20-3/h4-5H,1-3H3,(H,17,18). The average Bonchev–Trinajstić information content (AvgIpc) is 2.85. The quantitative estimate of drug-likeness (QED) is 0.824. The molecule has 0 radical (unpaired) electrons. The summed E-state index contributed by atoms with van der Waals surface area (Å²) in [5, 5.41) is 13.1. The first-order chi connectivity index (χ1) is 9.43. The topological polar surface area (TPSA) is 107 Å². The molecule has 104 valence electrons. The summed E-state index contributed by atoms with van der Waals surface area (Å²) in [6.07, 6.45) is 1.22. The van der Waals surface area contributed by atoms with Gasteiger partial charge in [-0.3, -0.25) is 0 Å². The molecule has 2 aromatic rings. The molecule has 1 N–H and O–H groups in total. The number of pyridine rings is 1. The minimum atomic E-state index is -1.12. The van der Waals surface area contributed by atoms with E-state index in [2.05, 4.69) is 19.8 Å². The lowest BCUT2D eigenvalue weighted by molar-refractivity contribution is 0.0586. The Bertz CT molecular complexity index is 693. The minimum Gasteiger partial charge on any atom is -0.478 e. The number of carbonyl (C=O) groups is 2. The SMILES string of the molecule is COC(=O)c1ncn(-c2nc(C)cc(C)c2C(=O)O)n1. The molecule has 8 nitrogen and oxygen atoms in total. The van der Waals surface area contributed by atoms with Crippen LogP contribution in [0.15, 0.2) is 12.4 Å². The van der Waals surface area contributed by atoms with E-state index in [-0.39, 0.29) is 17.2 Å². The first-order valence-electron chi connectivity index (χ1n) is 5.66. The van der Waals surface area contributed by atoms with Crippen molar-refractivity contribution in [1.82, 2.24) is 19.7 Å². The molecule has 0 aromatic carbocycles. The maximum atomic E-state index is 11.3. The summed E-state index contributed by atoms with van der Waals surface area (Å²) < 4.78 is 5.65. The van der Waals surface area contributed by atoms with Crippen molar-refractivity contribution in [1.29, 1.82) is 0 Å². The van der Waals surface area contributed by atoms with E-state index in [1.807, 2.05) is 0 Å². The maximum absolute atomic E-state index is 11.3. The third-order valence-corrected chi connectivity index (χ3v) is 2.62. The van der Waals surface area contributed by atoms with Crippen LogP contribution in [-0.2, 0) is 4.74 Å². The Morgan fingerprint density at radius 2 is 2.05 bits per heavy atom. The van der Waals surface area contributed by atoms with Crippen molar-refractivity contribution in [2.24, 2.45) is 0 Å². The molecule has 0 amide bonds. The summed E-state index contributed by atoms with van der Waals surface area (Å²) in [4.78, 5) is 30.6. The number of hydrogen-bond donors (Lipinski definition) is 1. The third-order valence-electron chi connectivity index (χ3n) is 2.62. The number of carboxylic acids is 1. The summed E-state index contributed by atoms with van der Waals surface area (Å²) in [6.45, 7) is 3.40. The Kier molecular flexibility index (Phi) is 3.47. The fourth-order valence-electron chi connectivity index (χ4n) is 1.80. The van der Waals surface area contributed by atoms with Crippen LogP contribution in [0.25, 0.3) is 5.82 Å². The highest BCUT2D eigenvalue weighted by atomic mass is 16.5. The molecule has 2 heterocycles. The van der Waals surface area contributed by atoms with E-state index in [9.17, 15) is 14.7 Å². The number of aromatic carboxylic acids is 1. The Labute approximate surface area is 114 Å². The van der Waals surface area contributed by atoms with Crippen LogP contribution in [0.1, 0.15) is 32.2 Å². The van der Waals surface area contributed by atoms with Crippen LogP contribution in [0.2, 0.25) is 0 Å². The van der Waals surface area contributed by atoms with Gasteiger partial charge >= 0.3 is 11.9 Å². The van der Waals surface area contributed by atoms with Gasteiger partial charge in [-0.05, 0) is 25.5 Å². The molecule has 0 saturated heterocycles. The highest BCUT2D eigenvalue weighted by molar-refractivity contribution is 5.93. The van der Waals surface area contributed by atoms with Gasteiger partial charge in [0.15, 0.2) is 5.82 Å². The van der Waals surface area contributed by atoms with Crippen LogP contribution in [0, 0.1) is 13.8 Å².